The van der Waals surface area contributed by atoms with Crippen molar-refractivity contribution in [3.8, 4) is 0 Å². The summed E-state index contributed by atoms with van der Waals surface area (Å²) in [4.78, 5) is 0. The smallest absolute Gasteiger partial charge is 0.00723 e. The molecule has 0 amide bonds. The second-order valence-electron chi connectivity index (χ2n) is 7.00. The molecule has 100 valence electrons. The van der Waals surface area contributed by atoms with E-state index in [0.717, 1.165) is 29.8 Å². The maximum atomic E-state index is 3.97. The second kappa shape index (κ2) is 6.22. The van der Waals surface area contributed by atoms with Gasteiger partial charge in [-0.15, -0.1) is 0 Å². The van der Waals surface area contributed by atoms with Crippen LogP contribution in [-0.4, -0.2) is 12.1 Å². The van der Waals surface area contributed by atoms with Crippen molar-refractivity contribution in [3.63, 3.8) is 0 Å². The molecule has 1 nitrogen and oxygen atoms in total. The van der Waals surface area contributed by atoms with Crippen LogP contribution >= 0.6 is 0 Å². The molecule has 1 heteroatoms. The van der Waals surface area contributed by atoms with E-state index in [0.29, 0.717) is 0 Å². The zero-order valence-electron chi connectivity index (χ0n) is 12.0. The number of rotatable bonds is 3. The van der Waals surface area contributed by atoms with Gasteiger partial charge >= 0.3 is 0 Å². The third-order valence-corrected chi connectivity index (χ3v) is 5.07. The Kier molecular flexibility index (Phi) is 4.90. The number of nitrogens with one attached hydrogen (secondary N) is 1. The summed E-state index contributed by atoms with van der Waals surface area (Å²) >= 11 is 0. The maximum absolute atomic E-state index is 3.97. The van der Waals surface area contributed by atoms with Gasteiger partial charge in [0.2, 0.25) is 0 Å². The molecule has 0 aliphatic heterocycles. The Bertz CT molecular complexity index is 224. The van der Waals surface area contributed by atoms with Crippen LogP contribution in [0.5, 0.6) is 0 Å². The highest BCUT2D eigenvalue weighted by atomic mass is 15.0. The van der Waals surface area contributed by atoms with E-state index in [1.807, 2.05) is 0 Å². The molecule has 4 atom stereocenters. The fourth-order valence-electron chi connectivity index (χ4n) is 3.90. The minimum atomic E-state index is 0.825. The first-order valence-electron chi connectivity index (χ1n) is 7.91. The summed E-state index contributed by atoms with van der Waals surface area (Å²) in [5.74, 6) is 2.80. The van der Waals surface area contributed by atoms with E-state index < -0.39 is 0 Å². The predicted molar refractivity (Wildman–Crippen MR) is 75.1 cm³/mol. The lowest BCUT2D eigenvalue weighted by molar-refractivity contribution is 0.198. The summed E-state index contributed by atoms with van der Waals surface area (Å²) in [7, 11) is 0. The van der Waals surface area contributed by atoms with E-state index in [2.05, 4.69) is 26.1 Å². The van der Waals surface area contributed by atoms with E-state index in [-0.39, 0.29) is 0 Å². The van der Waals surface area contributed by atoms with E-state index in [4.69, 9.17) is 0 Å². The minimum Gasteiger partial charge on any atom is -0.311 e. The zero-order chi connectivity index (χ0) is 12.3. The highest BCUT2D eigenvalue weighted by Crippen LogP contribution is 2.31. The van der Waals surface area contributed by atoms with Crippen LogP contribution in [-0.2, 0) is 0 Å². The number of hydrogen-bond acceptors (Lipinski definition) is 1. The Morgan fingerprint density at radius 1 is 0.882 bits per heavy atom. The first-order chi connectivity index (χ1) is 8.15. The highest BCUT2D eigenvalue weighted by molar-refractivity contribution is 4.84. The Morgan fingerprint density at radius 2 is 1.53 bits per heavy atom. The molecule has 1 N–H and O–H groups in total. The van der Waals surface area contributed by atoms with E-state index in [9.17, 15) is 0 Å². The molecule has 0 heterocycles. The average Bonchev–Trinajstić information content (AvgIpc) is 2.29. The van der Waals surface area contributed by atoms with Gasteiger partial charge in [0.1, 0.15) is 0 Å². The molecule has 2 rings (SSSR count). The topological polar surface area (TPSA) is 12.0 Å². The van der Waals surface area contributed by atoms with Crippen LogP contribution in [0.3, 0.4) is 0 Å². The summed E-state index contributed by atoms with van der Waals surface area (Å²) < 4.78 is 0. The molecule has 2 aliphatic carbocycles. The van der Waals surface area contributed by atoms with Gasteiger partial charge in [0.15, 0.2) is 0 Å². The molecular weight excluding hydrogens is 206 g/mol. The molecule has 2 aliphatic rings. The molecule has 2 saturated carbocycles. The van der Waals surface area contributed by atoms with Crippen molar-refractivity contribution in [2.24, 2.45) is 17.8 Å². The molecule has 17 heavy (non-hydrogen) atoms. The van der Waals surface area contributed by atoms with Gasteiger partial charge in [0, 0.05) is 12.1 Å². The fraction of sp³-hybridized carbons (Fsp3) is 1.00. The molecule has 4 unspecified atom stereocenters. The van der Waals surface area contributed by atoms with Gasteiger partial charge in [-0.25, -0.2) is 0 Å². The lowest BCUT2D eigenvalue weighted by atomic mass is 9.78. The van der Waals surface area contributed by atoms with Crippen LogP contribution in [0.4, 0.5) is 0 Å². The molecule has 2 fully saturated rings. The molecular formula is C16H31N. The monoisotopic (exact) mass is 237 g/mol. The Hall–Kier alpha value is -0.0400. The molecule has 0 spiro atoms. The van der Waals surface area contributed by atoms with E-state index >= 15 is 0 Å². The first kappa shape index (κ1) is 13.4. The van der Waals surface area contributed by atoms with Crippen LogP contribution < -0.4 is 5.32 Å². The van der Waals surface area contributed by atoms with Crippen molar-refractivity contribution in [2.45, 2.75) is 84.2 Å². The van der Waals surface area contributed by atoms with Crippen LogP contribution in [0.25, 0.3) is 0 Å². The summed E-state index contributed by atoms with van der Waals surface area (Å²) in [5, 5.41) is 3.97. The summed E-state index contributed by atoms with van der Waals surface area (Å²) in [6.45, 7) is 7.22. The van der Waals surface area contributed by atoms with Crippen molar-refractivity contribution >= 4 is 0 Å². The maximum Gasteiger partial charge on any atom is 0.00723 e. The second-order valence-corrected chi connectivity index (χ2v) is 7.00. The molecule has 0 bridgehead atoms. The third-order valence-electron chi connectivity index (χ3n) is 5.07. The van der Waals surface area contributed by atoms with Gasteiger partial charge in [-0.05, 0) is 43.4 Å². The van der Waals surface area contributed by atoms with Crippen molar-refractivity contribution in [3.05, 3.63) is 0 Å². The average molecular weight is 237 g/mol. The normalized spacial score (nSPS) is 39.5. The van der Waals surface area contributed by atoms with Crippen LogP contribution in [0, 0.1) is 17.8 Å². The lowest BCUT2D eigenvalue weighted by Crippen LogP contribution is -2.43. The molecule has 0 radical (unpaired) electrons. The van der Waals surface area contributed by atoms with Crippen LogP contribution in [0.2, 0.25) is 0 Å². The van der Waals surface area contributed by atoms with Gasteiger partial charge in [-0.3, -0.25) is 0 Å². The quantitative estimate of drug-likeness (QED) is 0.768. The lowest BCUT2D eigenvalue weighted by Gasteiger charge is -2.36. The Balaban J connectivity index is 1.78. The molecule has 0 saturated heterocycles. The number of hydrogen-bond donors (Lipinski definition) is 1. The molecule has 0 aromatic heterocycles. The van der Waals surface area contributed by atoms with Gasteiger partial charge in [0.25, 0.3) is 0 Å². The first-order valence-corrected chi connectivity index (χ1v) is 7.91. The van der Waals surface area contributed by atoms with Crippen molar-refractivity contribution in [2.75, 3.05) is 0 Å². The fourth-order valence-corrected chi connectivity index (χ4v) is 3.90. The predicted octanol–water partition coefficient (Wildman–Crippen LogP) is 4.37. The van der Waals surface area contributed by atoms with Crippen molar-refractivity contribution < 1.29 is 0 Å². The van der Waals surface area contributed by atoms with Crippen molar-refractivity contribution in [1.29, 1.82) is 0 Å². The molecule has 0 aromatic rings. The third kappa shape index (κ3) is 3.98. The largest absolute Gasteiger partial charge is 0.311 e. The van der Waals surface area contributed by atoms with Gasteiger partial charge in [-0.1, -0.05) is 46.5 Å². The van der Waals surface area contributed by atoms with Crippen LogP contribution in [0.15, 0.2) is 0 Å². The van der Waals surface area contributed by atoms with Gasteiger partial charge in [-0.2, -0.15) is 0 Å². The standard InChI is InChI=1S/C16H31N/c1-12(2)14-7-5-9-16(11-14)17-15-8-4-6-13(3)10-15/h12-17H,4-11H2,1-3H3. The van der Waals surface area contributed by atoms with Gasteiger partial charge < -0.3 is 5.32 Å². The van der Waals surface area contributed by atoms with Crippen LogP contribution in [0.1, 0.15) is 72.1 Å². The minimum absolute atomic E-state index is 0.825. The Morgan fingerprint density at radius 3 is 2.18 bits per heavy atom. The summed E-state index contributed by atoms with van der Waals surface area (Å²) in [5.41, 5.74) is 0. The SMILES string of the molecule is CC1CCCC(NC2CCCC(C(C)C)C2)C1. The Labute approximate surface area is 108 Å². The van der Waals surface area contributed by atoms with E-state index in [1.54, 1.807) is 0 Å². The van der Waals surface area contributed by atoms with Crippen molar-refractivity contribution in [1.82, 2.24) is 5.32 Å². The summed E-state index contributed by atoms with van der Waals surface area (Å²) in [6, 6.07) is 1.65. The highest BCUT2D eigenvalue weighted by Gasteiger charge is 2.27. The van der Waals surface area contributed by atoms with Gasteiger partial charge in [0.05, 0.1) is 0 Å². The zero-order valence-corrected chi connectivity index (χ0v) is 12.0. The molecule has 0 aromatic carbocycles. The van der Waals surface area contributed by atoms with E-state index in [1.165, 1.54) is 51.4 Å². The summed E-state index contributed by atoms with van der Waals surface area (Å²) in [6.07, 6.45) is 11.5.